The van der Waals surface area contributed by atoms with Crippen LogP contribution in [0, 0.1) is 5.41 Å². The zero-order chi connectivity index (χ0) is 13.5. The summed E-state index contributed by atoms with van der Waals surface area (Å²) in [6, 6.07) is -1.29. The third kappa shape index (κ3) is 6.81. The van der Waals surface area contributed by atoms with E-state index >= 15 is 0 Å². The number of carbonyl (C=O) groups is 2. The van der Waals surface area contributed by atoms with Crippen molar-refractivity contribution in [1.82, 2.24) is 10.6 Å². The van der Waals surface area contributed by atoms with Crippen LogP contribution >= 0.6 is 0 Å². The number of amides is 2. The summed E-state index contributed by atoms with van der Waals surface area (Å²) < 4.78 is 0. The number of carboxylic acids is 1. The van der Waals surface area contributed by atoms with Gasteiger partial charge in [0.05, 0.1) is 0 Å². The maximum atomic E-state index is 11.5. The molecule has 0 aromatic rings. The number of carboxylic acid groups (broad SMARTS) is 1. The second-order valence-electron chi connectivity index (χ2n) is 5.24. The Hall–Kier alpha value is -1.26. The number of unbranched alkanes of at least 4 members (excludes halogenated alkanes) is 2. The molecule has 100 valence electrons. The van der Waals surface area contributed by atoms with Crippen molar-refractivity contribution in [2.45, 2.75) is 53.0 Å². The van der Waals surface area contributed by atoms with Crippen molar-refractivity contribution in [3.05, 3.63) is 0 Å². The fraction of sp³-hybridized carbons (Fsp3) is 0.833. The van der Waals surface area contributed by atoms with Gasteiger partial charge in [0, 0.05) is 6.54 Å². The maximum Gasteiger partial charge on any atom is 0.326 e. The molecular weight excluding hydrogens is 220 g/mol. The molecule has 1 atom stereocenters. The highest BCUT2D eigenvalue weighted by molar-refractivity contribution is 5.83. The van der Waals surface area contributed by atoms with Crippen LogP contribution in [0.25, 0.3) is 0 Å². The van der Waals surface area contributed by atoms with Crippen molar-refractivity contribution in [2.75, 3.05) is 6.54 Å². The molecule has 0 aliphatic heterocycles. The van der Waals surface area contributed by atoms with Crippen LogP contribution in [0.15, 0.2) is 0 Å². The molecule has 0 saturated carbocycles. The molecule has 0 bridgehead atoms. The fourth-order valence-corrected chi connectivity index (χ4v) is 1.41. The number of rotatable bonds is 6. The van der Waals surface area contributed by atoms with Gasteiger partial charge in [-0.2, -0.15) is 0 Å². The summed E-state index contributed by atoms with van der Waals surface area (Å²) in [5.41, 5.74) is -0.507. The summed E-state index contributed by atoms with van der Waals surface area (Å²) in [5.74, 6) is -1.01. The van der Waals surface area contributed by atoms with E-state index in [1.54, 1.807) is 20.8 Å². The number of hydrogen-bond donors (Lipinski definition) is 3. The lowest BCUT2D eigenvalue weighted by molar-refractivity contribution is -0.141. The SMILES string of the molecule is CCCCCNC(=O)NC(C(=O)O)C(C)(C)C. The minimum Gasteiger partial charge on any atom is -0.480 e. The van der Waals surface area contributed by atoms with E-state index in [0.29, 0.717) is 6.54 Å². The van der Waals surface area contributed by atoms with Gasteiger partial charge in [-0.1, -0.05) is 40.5 Å². The van der Waals surface area contributed by atoms with Crippen molar-refractivity contribution in [2.24, 2.45) is 5.41 Å². The Labute approximate surface area is 103 Å². The van der Waals surface area contributed by atoms with E-state index in [4.69, 9.17) is 5.11 Å². The van der Waals surface area contributed by atoms with Crippen LogP contribution in [0.5, 0.6) is 0 Å². The van der Waals surface area contributed by atoms with Crippen molar-refractivity contribution < 1.29 is 14.7 Å². The number of hydrogen-bond acceptors (Lipinski definition) is 2. The second kappa shape index (κ2) is 7.14. The van der Waals surface area contributed by atoms with Crippen LogP contribution in [0.2, 0.25) is 0 Å². The molecule has 5 heteroatoms. The first-order valence-electron chi connectivity index (χ1n) is 6.06. The first kappa shape index (κ1) is 15.7. The van der Waals surface area contributed by atoms with E-state index in [1.165, 1.54) is 0 Å². The molecule has 0 aliphatic rings. The van der Waals surface area contributed by atoms with Crippen LogP contribution in [-0.2, 0) is 4.79 Å². The van der Waals surface area contributed by atoms with Gasteiger partial charge in [0.15, 0.2) is 0 Å². The molecule has 3 N–H and O–H groups in total. The van der Waals surface area contributed by atoms with Crippen molar-refractivity contribution in [1.29, 1.82) is 0 Å². The first-order chi connectivity index (χ1) is 7.79. The summed E-state index contributed by atoms with van der Waals surface area (Å²) in [5, 5.41) is 14.2. The third-order valence-corrected chi connectivity index (χ3v) is 2.45. The predicted molar refractivity (Wildman–Crippen MR) is 66.9 cm³/mol. The first-order valence-corrected chi connectivity index (χ1v) is 6.06. The van der Waals surface area contributed by atoms with E-state index in [9.17, 15) is 9.59 Å². The predicted octanol–water partition coefficient (Wildman–Crippen LogP) is 1.98. The molecule has 0 heterocycles. The molecule has 2 amide bonds. The standard InChI is InChI=1S/C12H24N2O3/c1-5-6-7-8-13-11(17)14-9(10(15)16)12(2,3)4/h9H,5-8H2,1-4H3,(H,15,16)(H2,13,14,17). The van der Waals surface area contributed by atoms with Crippen LogP contribution in [0.3, 0.4) is 0 Å². The van der Waals surface area contributed by atoms with Gasteiger partial charge in [0.1, 0.15) is 6.04 Å². The third-order valence-electron chi connectivity index (χ3n) is 2.45. The Kier molecular flexibility index (Phi) is 6.61. The monoisotopic (exact) mass is 244 g/mol. The van der Waals surface area contributed by atoms with Crippen LogP contribution in [0.4, 0.5) is 4.79 Å². The van der Waals surface area contributed by atoms with Crippen molar-refractivity contribution in [3.8, 4) is 0 Å². The highest BCUT2D eigenvalue weighted by Crippen LogP contribution is 2.19. The fourth-order valence-electron chi connectivity index (χ4n) is 1.41. The zero-order valence-electron chi connectivity index (χ0n) is 11.2. The molecule has 0 fully saturated rings. The van der Waals surface area contributed by atoms with Gasteiger partial charge in [0.25, 0.3) is 0 Å². The van der Waals surface area contributed by atoms with Crippen LogP contribution in [-0.4, -0.2) is 29.7 Å². The molecule has 0 saturated heterocycles. The van der Waals surface area contributed by atoms with Gasteiger partial charge in [-0.15, -0.1) is 0 Å². The number of urea groups is 1. The topological polar surface area (TPSA) is 78.4 Å². The Morgan fingerprint density at radius 3 is 2.24 bits per heavy atom. The van der Waals surface area contributed by atoms with Crippen LogP contribution in [0.1, 0.15) is 47.0 Å². The van der Waals surface area contributed by atoms with Gasteiger partial charge in [-0.05, 0) is 11.8 Å². The molecule has 17 heavy (non-hydrogen) atoms. The van der Waals surface area contributed by atoms with E-state index in [0.717, 1.165) is 19.3 Å². The Balaban J connectivity index is 4.11. The van der Waals surface area contributed by atoms with E-state index in [-0.39, 0.29) is 0 Å². The number of aliphatic carboxylic acids is 1. The van der Waals surface area contributed by atoms with Crippen LogP contribution < -0.4 is 10.6 Å². The summed E-state index contributed by atoms with van der Waals surface area (Å²) in [6.45, 7) is 8.01. The van der Waals surface area contributed by atoms with Gasteiger partial charge >= 0.3 is 12.0 Å². The average molecular weight is 244 g/mol. The minimum atomic E-state index is -1.01. The zero-order valence-corrected chi connectivity index (χ0v) is 11.2. The lowest BCUT2D eigenvalue weighted by Gasteiger charge is -2.27. The molecule has 1 unspecified atom stereocenters. The Morgan fingerprint density at radius 1 is 1.24 bits per heavy atom. The Bertz CT molecular complexity index is 259. The van der Waals surface area contributed by atoms with Gasteiger partial charge in [0.2, 0.25) is 0 Å². The summed E-state index contributed by atoms with van der Waals surface area (Å²) >= 11 is 0. The molecule has 0 aromatic carbocycles. The quantitative estimate of drug-likeness (QED) is 0.625. The van der Waals surface area contributed by atoms with Gasteiger partial charge < -0.3 is 15.7 Å². The molecule has 0 aliphatic carbocycles. The van der Waals surface area contributed by atoms with E-state index in [2.05, 4.69) is 17.6 Å². The largest absolute Gasteiger partial charge is 0.480 e. The smallest absolute Gasteiger partial charge is 0.326 e. The molecule has 0 aromatic heterocycles. The summed E-state index contributed by atoms with van der Waals surface area (Å²) in [4.78, 5) is 22.5. The molecule has 0 radical (unpaired) electrons. The minimum absolute atomic E-state index is 0.413. The molecule has 0 spiro atoms. The molecule has 0 rings (SSSR count). The summed E-state index contributed by atoms with van der Waals surface area (Å²) in [7, 11) is 0. The van der Waals surface area contributed by atoms with Gasteiger partial charge in [-0.25, -0.2) is 9.59 Å². The highest BCUT2D eigenvalue weighted by atomic mass is 16.4. The van der Waals surface area contributed by atoms with Crippen molar-refractivity contribution in [3.63, 3.8) is 0 Å². The number of carbonyl (C=O) groups excluding carboxylic acids is 1. The maximum absolute atomic E-state index is 11.5. The molecular formula is C12H24N2O3. The van der Waals surface area contributed by atoms with E-state index in [1.807, 2.05) is 0 Å². The Morgan fingerprint density at radius 2 is 1.82 bits per heavy atom. The highest BCUT2D eigenvalue weighted by Gasteiger charge is 2.32. The van der Waals surface area contributed by atoms with Crippen molar-refractivity contribution >= 4 is 12.0 Å². The lowest BCUT2D eigenvalue weighted by Crippen LogP contribution is -2.52. The number of nitrogens with one attached hydrogen (secondary N) is 2. The molecule has 5 nitrogen and oxygen atoms in total. The van der Waals surface area contributed by atoms with E-state index < -0.39 is 23.5 Å². The second-order valence-corrected chi connectivity index (χ2v) is 5.24. The van der Waals surface area contributed by atoms with Gasteiger partial charge in [-0.3, -0.25) is 0 Å². The lowest BCUT2D eigenvalue weighted by atomic mass is 9.87. The summed E-state index contributed by atoms with van der Waals surface area (Å²) in [6.07, 6.45) is 3.06. The average Bonchev–Trinajstić information content (AvgIpc) is 2.19. The normalized spacial score (nSPS) is 12.9.